The second-order valence-electron chi connectivity index (χ2n) is 6.76. The van der Waals surface area contributed by atoms with Crippen LogP contribution in [0.1, 0.15) is 25.3 Å². The standard InChI is InChI=1S/C20H24N4O6S/c1-3-30-19-9-6-15(12-20(19)29-2)14-21-22-17-8-7-16(13-18(17)24(25)26)31(27,28)23-10-4-5-11-23/h6-9,12-14,22H,3-5,10-11H2,1-2H3/b21-14+. The van der Waals surface area contributed by atoms with Crippen LogP contribution in [0, 0.1) is 10.1 Å². The van der Waals surface area contributed by atoms with E-state index in [1.807, 2.05) is 6.92 Å². The van der Waals surface area contributed by atoms with Crippen LogP contribution >= 0.6 is 0 Å². The zero-order valence-electron chi connectivity index (χ0n) is 17.3. The van der Waals surface area contributed by atoms with E-state index in [1.165, 1.54) is 29.8 Å². The van der Waals surface area contributed by atoms with Crippen molar-refractivity contribution in [3.05, 3.63) is 52.1 Å². The molecular weight excluding hydrogens is 424 g/mol. The summed E-state index contributed by atoms with van der Waals surface area (Å²) >= 11 is 0. The molecule has 0 radical (unpaired) electrons. The number of ether oxygens (including phenoxy) is 2. The van der Waals surface area contributed by atoms with Crippen molar-refractivity contribution in [2.75, 3.05) is 32.2 Å². The normalized spacial score (nSPS) is 14.6. The molecule has 1 fully saturated rings. The van der Waals surface area contributed by atoms with Gasteiger partial charge in [0.25, 0.3) is 5.69 Å². The Balaban J connectivity index is 1.81. The highest BCUT2D eigenvalue weighted by atomic mass is 32.2. The average Bonchev–Trinajstić information content (AvgIpc) is 3.30. The Hall–Kier alpha value is -3.18. The molecule has 1 aliphatic heterocycles. The third-order valence-corrected chi connectivity index (χ3v) is 6.65. The second kappa shape index (κ2) is 9.75. The molecule has 10 nitrogen and oxygen atoms in total. The number of nitro benzene ring substituents is 1. The molecule has 166 valence electrons. The summed E-state index contributed by atoms with van der Waals surface area (Å²) in [6.07, 6.45) is 3.04. The summed E-state index contributed by atoms with van der Waals surface area (Å²) in [7, 11) is -2.23. The number of nitrogens with one attached hydrogen (secondary N) is 1. The maximum atomic E-state index is 12.7. The average molecular weight is 449 g/mol. The van der Waals surface area contributed by atoms with E-state index < -0.39 is 14.9 Å². The first-order chi connectivity index (χ1) is 14.9. The lowest BCUT2D eigenvalue weighted by Crippen LogP contribution is -2.27. The van der Waals surface area contributed by atoms with E-state index in [0.29, 0.717) is 36.8 Å². The fourth-order valence-corrected chi connectivity index (χ4v) is 4.75. The lowest BCUT2D eigenvalue weighted by Gasteiger charge is -2.15. The first-order valence-corrected chi connectivity index (χ1v) is 11.2. The molecular formula is C20H24N4O6S. The minimum atomic E-state index is -3.75. The first-order valence-electron chi connectivity index (χ1n) is 9.75. The van der Waals surface area contributed by atoms with Crippen LogP contribution < -0.4 is 14.9 Å². The van der Waals surface area contributed by atoms with E-state index in [4.69, 9.17) is 9.47 Å². The molecule has 0 spiro atoms. The van der Waals surface area contributed by atoms with Crippen molar-refractivity contribution in [1.82, 2.24) is 4.31 Å². The number of sulfonamides is 1. The van der Waals surface area contributed by atoms with Gasteiger partial charge in [-0.1, -0.05) is 0 Å². The largest absolute Gasteiger partial charge is 0.493 e. The molecule has 0 unspecified atom stereocenters. The molecule has 0 atom stereocenters. The minimum Gasteiger partial charge on any atom is -0.493 e. The van der Waals surface area contributed by atoms with Crippen molar-refractivity contribution in [1.29, 1.82) is 0 Å². The molecule has 1 heterocycles. The fraction of sp³-hybridized carbons (Fsp3) is 0.350. The van der Waals surface area contributed by atoms with Crippen LogP contribution in [0.4, 0.5) is 11.4 Å². The predicted molar refractivity (Wildman–Crippen MR) is 116 cm³/mol. The third-order valence-electron chi connectivity index (χ3n) is 4.75. The molecule has 11 heteroatoms. The summed E-state index contributed by atoms with van der Waals surface area (Å²) < 4.78 is 37.5. The maximum absolute atomic E-state index is 12.7. The number of nitrogens with zero attached hydrogens (tertiary/aromatic N) is 3. The highest BCUT2D eigenvalue weighted by Gasteiger charge is 2.29. The second-order valence-corrected chi connectivity index (χ2v) is 8.70. The number of rotatable bonds is 9. The number of nitro groups is 1. The molecule has 1 aliphatic rings. The minimum absolute atomic E-state index is 0.0829. The smallest absolute Gasteiger partial charge is 0.295 e. The van der Waals surface area contributed by atoms with Crippen molar-refractivity contribution in [3.63, 3.8) is 0 Å². The lowest BCUT2D eigenvalue weighted by molar-refractivity contribution is -0.384. The summed E-state index contributed by atoms with van der Waals surface area (Å²) in [5.74, 6) is 1.13. The first kappa shape index (κ1) is 22.5. The molecule has 2 aromatic carbocycles. The summed E-state index contributed by atoms with van der Waals surface area (Å²) in [6.45, 7) is 3.21. The Morgan fingerprint density at radius 1 is 1.19 bits per heavy atom. The van der Waals surface area contributed by atoms with Crippen LogP contribution in [-0.4, -0.2) is 50.7 Å². The van der Waals surface area contributed by atoms with Crippen LogP contribution in [0.5, 0.6) is 11.5 Å². The molecule has 31 heavy (non-hydrogen) atoms. The van der Waals surface area contributed by atoms with E-state index in [1.54, 1.807) is 18.2 Å². The van der Waals surface area contributed by atoms with E-state index in [0.717, 1.165) is 18.9 Å². The number of anilines is 1. The van der Waals surface area contributed by atoms with Crippen LogP contribution in [0.25, 0.3) is 0 Å². The zero-order valence-corrected chi connectivity index (χ0v) is 18.1. The molecule has 0 saturated carbocycles. The number of hydrogen-bond donors (Lipinski definition) is 1. The monoisotopic (exact) mass is 448 g/mol. The van der Waals surface area contributed by atoms with Gasteiger partial charge in [0.2, 0.25) is 10.0 Å². The van der Waals surface area contributed by atoms with E-state index in [2.05, 4.69) is 10.5 Å². The van der Waals surface area contributed by atoms with Crippen molar-refractivity contribution >= 4 is 27.6 Å². The van der Waals surface area contributed by atoms with Crippen LogP contribution in [0.3, 0.4) is 0 Å². The van der Waals surface area contributed by atoms with Gasteiger partial charge in [-0.15, -0.1) is 0 Å². The highest BCUT2D eigenvalue weighted by molar-refractivity contribution is 7.89. The summed E-state index contributed by atoms with van der Waals surface area (Å²) in [6, 6.07) is 8.97. The molecule has 2 aromatic rings. The van der Waals surface area contributed by atoms with Gasteiger partial charge in [-0.3, -0.25) is 15.5 Å². The van der Waals surface area contributed by atoms with E-state index >= 15 is 0 Å². The molecule has 0 aromatic heterocycles. The SMILES string of the molecule is CCOc1ccc(/C=N/Nc2ccc(S(=O)(=O)N3CCCC3)cc2[N+](=O)[O-])cc1OC. The van der Waals surface area contributed by atoms with E-state index in [-0.39, 0.29) is 16.3 Å². The molecule has 0 bridgehead atoms. The number of methoxy groups -OCH3 is 1. The number of hydrazone groups is 1. The van der Waals surface area contributed by atoms with Gasteiger partial charge in [-0.2, -0.15) is 9.41 Å². The van der Waals surface area contributed by atoms with Crippen molar-refractivity contribution < 1.29 is 22.8 Å². The molecule has 1 saturated heterocycles. The molecule has 1 N–H and O–H groups in total. The topological polar surface area (TPSA) is 123 Å². The quantitative estimate of drug-likeness (QED) is 0.355. The van der Waals surface area contributed by atoms with Crippen molar-refractivity contribution in [3.8, 4) is 11.5 Å². The van der Waals surface area contributed by atoms with Gasteiger partial charge >= 0.3 is 0 Å². The Morgan fingerprint density at radius 3 is 2.58 bits per heavy atom. The Labute approximate surface area is 180 Å². The van der Waals surface area contributed by atoms with Gasteiger partial charge < -0.3 is 9.47 Å². The summed E-state index contributed by atoms with van der Waals surface area (Å²) in [4.78, 5) is 10.8. The van der Waals surface area contributed by atoms with Crippen LogP contribution in [0.15, 0.2) is 46.4 Å². The molecule has 0 aliphatic carbocycles. The van der Waals surface area contributed by atoms with Crippen molar-refractivity contribution in [2.24, 2.45) is 5.10 Å². The van der Waals surface area contributed by atoms with Gasteiger partial charge in [0.05, 0.1) is 29.8 Å². The Kier molecular flexibility index (Phi) is 7.08. The van der Waals surface area contributed by atoms with Gasteiger partial charge in [0.1, 0.15) is 5.69 Å². The van der Waals surface area contributed by atoms with Gasteiger partial charge in [0.15, 0.2) is 11.5 Å². The predicted octanol–water partition coefficient (Wildman–Crippen LogP) is 3.23. The van der Waals surface area contributed by atoms with Crippen LogP contribution in [-0.2, 0) is 10.0 Å². The summed E-state index contributed by atoms with van der Waals surface area (Å²) in [5.41, 5.74) is 3.01. The van der Waals surface area contributed by atoms with E-state index in [9.17, 15) is 18.5 Å². The van der Waals surface area contributed by atoms with Gasteiger partial charge in [0, 0.05) is 19.2 Å². The zero-order chi connectivity index (χ0) is 22.4. The third kappa shape index (κ3) is 5.12. The molecule has 3 rings (SSSR count). The number of benzene rings is 2. The Morgan fingerprint density at radius 2 is 1.94 bits per heavy atom. The van der Waals surface area contributed by atoms with Crippen LogP contribution in [0.2, 0.25) is 0 Å². The number of hydrogen-bond acceptors (Lipinski definition) is 8. The maximum Gasteiger partial charge on any atom is 0.295 e. The fourth-order valence-electron chi connectivity index (χ4n) is 3.21. The lowest BCUT2D eigenvalue weighted by atomic mass is 10.2. The summed E-state index contributed by atoms with van der Waals surface area (Å²) in [5, 5.41) is 15.6. The van der Waals surface area contributed by atoms with Crippen molar-refractivity contribution in [2.45, 2.75) is 24.7 Å². The molecule has 0 amide bonds. The van der Waals surface area contributed by atoms with Gasteiger partial charge in [-0.25, -0.2) is 8.42 Å². The van der Waals surface area contributed by atoms with Gasteiger partial charge in [-0.05, 0) is 55.7 Å². The highest BCUT2D eigenvalue weighted by Crippen LogP contribution is 2.30. The Bertz CT molecular complexity index is 1080.